The van der Waals surface area contributed by atoms with Crippen LogP contribution in [0.5, 0.6) is 0 Å². The van der Waals surface area contributed by atoms with Crippen LogP contribution in [-0.4, -0.2) is 18.6 Å². The number of likely N-dealkylation sites (N-methyl/N-ethyl adjacent to an activating group) is 1. The van der Waals surface area contributed by atoms with Crippen molar-refractivity contribution in [3.63, 3.8) is 0 Å². The van der Waals surface area contributed by atoms with E-state index in [0.29, 0.717) is 5.88 Å². The zero-order valence-electron chi connectivity index (χ0n) is 11.4. The van der Waals surface area contributed by atoms with Crippen molar-refractivity contribution in [2.75, 3.05) is 18.5 Å². The van der Waals surface area contributed by atoms with Crippen LogP contribution in [0.2, 0.25) is 0 Å². The van der Waals surface area contributed by atoms with Gasteiger partial charge < -0.3 is 4.90 Å². The lowest BCUT2D eigenvalue weighted by Crippen LogP contribution is -2.21. The van der Waals surface area contributed by atoms with E-state index in [4.69, 9.17) is 11.6 Å². The van der Waals surface area contributed by atoms with Crippen LogP contribution in [0.25, 0.3) is 0 Å². The van der Waals surface area contributed by atoms with Gasteiger partial charge in [-0.3, -0.25) is 4.98 Å². The van der Waals surface area contributed by atoms with Gasteiger partial charge in [0.05, 0.1) is 0 Å². The summed E-state index contributed by atoms with van der Waals surface area (Å²) in [4.78, 5) is 6.30. The molecule has 0 saturated carbocycles. The number of anilines is 1. The Balaban J connectivity index is 2.05. The third kappa shape index (κ3) is 3.71. The van der Waals surface area contributed by atoms with Crippen molar-refractivity contribution in [1.29, 1.82) is 0 Å². The van der Waals surface area contributed by atoms with Crippen LogP contribution in [0.1, 0.15) is 16.7 Å². The molecule has 1 aromatic heterocycles. The van der Waals surface area contributed by atoms with E-state index in [0.717, 1.165) is 13.0 Å². The summed E-state index contributed by atoms with van der Waals surface area (Å²) < 4.78 is 0. The molecule has 0 radical (unpaired) electrons. The number of aromatic nitrogens is 1. The first-order chi connectivity index (χ1) is 9.20. The number of nitrogens with zero attached hydrogens (tertiary/aromatic N) is 2. The fourth-order valence-electron chi connectivity index (χ4n) is 2.16. The first-order valence-electron chi connectivity index (χ1n) is 6.46. The van der Waals surface area contributed by atoms with E-state index >= 15 is 0 Å². The van der Waals surface area contributed by atoms with Crippen LogP contribution in [0.15, 0.2) is 42.7 Å². The Morgan fingerprint density at radius 2 is 1.89 bits per heavy atom. The summed E-state index contributed by atoms with van der Waals surface area (Å²) in [5, 5.41) is 0. The summed E-state index contributed by atoms with van der Waals surface area (Å²) in [5.74, 6) is 0.552. The molecule has 0 saturated heterocycles. The van der Waals surface area contributed by atoms with Crippen LogP contribution in [0.3, 0.4) is 0 Å². The molecule has 100 valence electrons. The van der Waals surface area contributed by atoms with Gasteiger partial charge in [-0.15, -0.1) is 11.6 Å². The molecule has 0 bridgehead atoms. The number of hydrogen-bond donors (Lipinski definition) is 0. The molecule has 0 amide bonds. The molecular weight excluding hydrogens is 256 g/mol. The van der Waals surface area contributed by atoms with Gasteiger partial charge in [0, 0.05) is 37.6 Å². The zero-order chi connectivity index (χ0) is 13.7. The summed E-state index contributed by atoms with van der Waals surface area (Å²) in [6, 6.07) is 10.6. The van der Waals surface area contributed by atoms with E-state index < -0.39 is 0 Å². The minimum absolute atomic E-state index is 0.552. The Labute approximate surface area is 120 Å². The van der Waals surface area contributed by atoms with Gasteiger partial charge in [0.25, 0.3) is 0 Å². The lowest BCUT2D eigenvalue weighted by molar-refractivity contribution is 0.870. The minimum Gasteiger partial charge on any atom is -0.374 e. The minimum atomic E-state index is 0.552. The molecule has 2 aromatic rings. The van der Waals surface area contributed by atoms with Gasteiger partial charge in [-0.05, 0) is 42.7 Å². The maximum Gasteiger partial charge on any atom is 0.0494 e. The van der Waals surface area contributed by atoms with Crippen LogP contribution < -0.4 is 4.90 Å². The third-order valence-corrected chi connectivity index (χ3v) is 3.56. The van der Waals surface area contributed by atoms with E-state index in [1.165, 1.54) is 22.4 Å². The van der Waals surface area contributed by atoms with Crippen LogP contribution in [0, 0.1) is 6.92 Å². The van der Waals surface area contributed by atoms with Crippen molar-refractivity contribution < 1.29 is 0 Å². The van der Waals surface area contributed by atoms with Crippen molar-refractivity contribution in [2.24, 2.45) is 0 Å². The van der Waals surface area contributed by atoms with Gasteiger partial charge in [0.15, 0.2) is 0 Å². The Bertz CT molecular complexity index is 526. The SMILES string of the molecule is Cc1ccc(N(C)CCc2ccncc2)c(CCl)c1. The second kappa shape index (κ2) is 6.58. The van der Waals surface area contributed by atoms with Crippen LogP contribution >= 0.6 is 11.6 Å². The van der Waals surface area contributed by atoms with Crippen LogP contribution in [-0.2, 0) is 12.3 Å². The van der Waals surface area contributed by atoms with E-state index in [9.17, 15) is 0 Å². The van der Waals surface area contributed by atoms with Crippen LogP contribution in [0.4, 0.5) is 5.69 Å². The summed E-state index contributed by atoms with van der Waals surface area (Å²) in [7, 11) is 2.11. The van der Waals surface area contributed by atoms with E-state index in [-0.39, 0.29) is 0 Å². The van der Waals surface area contributed by atoms with Gasteiger partial charge in [-0.2, -0.15) is 0 Å². The standard InChI is InChI=1S/C16H19ClN2/c1-13-3-4-16(15(11-13)12-17)19(2)10-7-14-5-8-18-9-6-14/h3-6,8-9,11H,7,10,12H2,1-2H3. The quantitative estimate of drug-likeness (QED) is 0.771. The molecule has 19 heavy (non-hydrogen) atoms. The van der Waals surface area contributed by atoms with Crippen molar-refractivity contribution in [3.8, 4) is 0 Å². The number of benzene rings is 1. The van der Waals surface area contributed by atoms with Gasteiger partial charge in [0.1, 0.15) is 0 Å². The molecule has 0 N–H and O–H groups in total. The predicted molar refractivity (Wildman–Crippen MR) is 81.9 cm³/mol. The zero-order valence-corrected chi connectivity index (χ0v) is 12.2. The molecule has 1 heterocycles. The fourth-order valence-corrected chi connectivity index (χ4v) is 2.37. The van der Waals surface area contributed by atoms with Crippen molar-refractivity contribution >= 4 is 17.3 Å². The fraction of sp³-hybridized carbons (Fsp3) is 0.312. The molecule has 2 nitrogen and oxygen atoms in total. The Morgan fingerprint density at radius 1 is 1.16 bits per heavy atom. The number of pyridine rings is 1. The average molecular weight is 275 g/mol. The monoisotopic (exact) mass is 274 g/mol. The highest BCUT2D eigenvalue weighted by Crippen LogP contribution is 2.22. The molecule has 3 heteroatoms. The van der Waals surface area contributed by atoms with Gasteiger partial charge >= 0.3 is 0 Å². The molecule has 0 aliphatic heterocycles. The van der Waals surface area contributed by atoms with E-state index in [1.54, 1.807) is 0 Å². The maximum atomic E-state index is 6.03. The highest BCUT2D eigenvalue weighted by molar-refractivity contribution is 6.17. The molecule has 0 unspecified atom stereocenters. The molecule has 0 aliphatic rings. The summed E-state index contributed by atoms with van der Waals surface area (Å²) in [6.45, 7) is 3.06. The Morgan fingerprint density at radius 3 is 2.58 bits per heavy atom. The molecule has 2 rings (SSSR count). The Hall–Kier alpha value is -1.54. The normalized spacial score (nSPS) is 10.5. The smallest absolute Gasteiger partial charge is 0.0494 e. The molecule has 1 aromatic carbocycles. The summed E-state index contributed by atoms with van der Waals surface area (Å²) >= 11 is 6.03. The largest absolute Gasteiger partial charge is 0.374 e. The molecule has 0 spiro atoms. The Kier molecular flexibility index (Phi) is 4.80. The lowest BCUT2D eigenvalue weighted by atomic mass is 10.1. The number of alkyl halides is 1. The first kappa shape index (κ1) is 13.9. The second-order valence-electron chi connectivity index (χ2n) is 4.79. The average Bonchev–Trinajstić information content (AvgIpc) is 2.45. The van der Waals surface area contributed by atoms with Gasteiger partial charge in [-0.25, -0.2) is 0 Å². The molecule has 0 atom stereocenters. The summed E-state index contributed by atoms with van der Waals surface area (Å²) in [6.07, 6.45) is 4.69. The number of aryl methyl sites for hydroxylation is 1. The number of hydrogen-bond acceptors (Lipinski definition) is 2. The number of rotatable bonds is 5. The third-order valence-electron chi connectivity index (χ3n) is 3.28. The predicted octanol–water partition coefficient (Wildman–Crippen LogP) is 3.81. The van der Waals surface area contributed by atoms with Crippen molar-refractivity contribution in [1.82, 2.24) is 4.98 Å². The molecular formula is C16H19ClN2. The topological polar surface area (TPSA) is 16.1 Å². The highest BCUT2D eigenvalue weighted by Gasteiger charge is 2.07. The van der Waals surface area contributed by atoms with E-state index in [1.807, 2.05) is 12.4 Å². The summed E-state index contributed by atoms with van der Waals surface area (Å²) in [5.41, 5.74) is 4.97. The maximum absolute atomic E-state index is 6.03. The van der Waals surface area contributed by atoms with Gasteiger partial charge in [0.2, 0.25) is 0 Å². The molecule has 0 fully saturated rings. The van der Waals surface area contributed by atoms with Crippen molar-refractivity contribution in [2.45, 2.75) is 19.2 Å². The van der Waals surface area contributed by atoms with E-state index in [2.05, 4.69) is 54.2 Å². The van der Waals surface area contributed by atoms with Crippen molar-refractivity contribution in [3.05, 3.63) is 59.4 Å². The number of halogens is 1. The second-order valence-corrected chi connectivity index (χ2v) is 5.06. The lowest BCUT2D eigenvalue weighted by Gasteiger charge is -2.22. The van der Waals surface area contributed by atoms with Gasteiger partial charge in [-0.1, -0.05) is 17.7 Å². The first-order valence-corrected chi connectivity index (χ1v) is 6.99. The highest BCUT2D eigenvalue weighted by atomic mass is 35.5. The molecule has 0 aliphatic carbocycles.